The monoisotopic (exact) mass is 324 g/mol. The van der Waals surface area contributed by atoms with E-state index >= 15 is 0 Å². The molecule has 0 saturated heterocycles. The van der Waals surface area contributed by atoms with E-state index in [-0.39, 0.29) is 22.2 Å². The van der Waals surface area contributed by atoms with Gasteiger partial charge in [0.2, 0.25) is 0 Å². The zero-order valence-electron chi connectivity index (χ0n) is 10.2. The molecule has 0 radical (unpaired) electrons. The number of rotatable bonds is 4. The first-order valence-corrected chi connectivity index (χ1v) is 6.41. The summed E-state index contributed by atoms with van der Waals surface area (Å²) in [5.74, 6) is -1.72. The maximum absolute atomic E-state index is 11.7. The number of halogens is 3. The Bertz CT molecular complexity index is 479. The van der Waals surface area contributed by atoms with E-state index in [1.807, 2.05) is 0 Å². The van der Waals surface area contributed by atoms with E-state index in [1.165, 1.54) is 19.2 Å². The summed E-state index contributed by atoms with van der Waals surface area (Å²) in [6, 6.07) is 2.81. The van der Waals surface area contributed by atoms with Gasteiger partial charge in [-0.1, -0.05) is 41.7 Å². The van der Waals surface area contributed by atoms with E-state index in [4.69, 9.17) is 39.5 Å². The minimum Gasteiger partial charge on any atom is -0.469 e. The molecule has 1 rings (SSSR count). The fourth-order valence-electron chi connectivity index (χ4n) is 1.32. The molecule has 1 atom stereocenters. The molecule has 4 nitrogen and oxygen atoms in total. The fourth-order valence-corrected chi connectivity index (χ4v) is 2.21. The Hall–Kier alpha value is -0.970. The molecule has 7 heteroatoms. The highest BCUT2D eigenvalue weighted by Gasteiger charge is 2.20. The van der Waals surface area contributed by atoms with Gasteiger partial charge < -0.3 is 9.47 Å². The van der Waals surface area contributed by atoms with Gasteiger partial charge in [0.15, 0.2) is 5.75 Å². The van der Waals surface area contributed by atoms with Crippen molar-refractivity contribution in [3.63, 3.8) is 0 Å². The summed E-state index contributed by atoms with van der Waals surface area (Å²) in [5, 5.41) is 0.575. The van der Waals surface area contributed by atoms with Gasteiger partial charge in [-0.05, 0) is 12.1 Å². The van der Waals surface area contributed by atoms with Crippen LogP contribution in [0.15, 0.2) is 12.1 Å². The molecule has 0 fully saturated rings. The van der Waals surface area contributed by atoms with Crippen molar-refractivity contribution >= 4 is 46.7 Å². The second-order valence-corrected chi connectivity index (χ2v) is 5.05. The second-order valence-electron chi connectivity index (χ2n) is 3.80. The largest absolute Gasteiger partial charge is 0.469 e. The maximum atomic E-state index is 11.7. The fraction of sp³-hybridized carbons (Fsp3) is 0.333. The smallest absolute Gasteiger partial charge is 0.312 e. The molecule has 104 valence electrons. The van der Waals surface area contributed by atoms with Gasteiger partial charge in [0.25, 0.3) is 0 Å². The van der Waals surface area contributed by atoms with Crippen LogP contribution in [-0.2, 0) is 14.3 Å². The number of methoxy groups -OCH3 is 1. The Balaban J connectivity index is 2.75. The third kappa shape index (κ3) is 4.56. The minimum absolute atomic E-state index is 0.0230. The number of hydrogen-bond acceptors (Lipinski definition) is 4. The zero-order chi connectivity index (χ0) is 14.6. The van der Waals surface area contributed by atoms with Crippen LogP contribution in [0, 0.1) is 5.92 Å². The number of carbonyl (C=O) groups excluding carboxylic acids is 2. The van der Waals surface area contributed by atoms with Crippen molar-refractivity contribution in [3.05, 3.63) is 27.2 Å². The van der Waals surface area contributed by atoms with Crippen molar-refractivity contribution < 1.29 is 19.1 Å². The Labute approximate surface area is 125 Å². The van der Waals surface area contributed by atoms with E-state index in [9.17, 15) is 9.59 Å². The van der Waals surface area contributed by atoms with Gasteiger partial charge in [-0.25, -0.2) is 0 Å². The van der Waals surface area contributed by atoms with Gasteiger partial charge in [0.1, 0.15) is 0 Å². The van der Waals surface area contributed by atoms with Crippen molar-refractivity contribution in [1.29, 1.82) is 0 Å². The van der Waals surface area contributed by atoms with Crippen LogP contribution in [0.2, 0.25) is 15.1 Å². The number of benzene rings is 1. The van der Waals surface area contributed by atoms with Crippen LogP contribution >= 0.6 is 34.8 Å². The molecule has 0 aliphatic heterocycles. The lowest BCUT2D eigenvalue weighted by molar-refractivity contribution is -0.149. The van der Waals surface area contributed by atoms with Gasteiger partial charge in [-0.2, -0.15) is 0 Å². The average Bonchev–Trinajstić information content (AvgIpc) is 2.32. The first-order valence-electron chi connectivity index (χ1n) is 5.28. The molecule has 0 unspecified atom stereocenters. The van der Waals surface area contributed by atoms with Gasteiger partial charge in [-0.15, -0.1) is 0 Å². The number of esters is 2. The molecule has 19 heavy (non-hydrogen) atoms. The van der Waals surface area contributed by atoms with Crippen LogP contribution in [0.25, 0.3) is 0 Å². The second kappa shape index (κ2) is 6.98. The van der Waals surface area contributed by atoms with Crippen LogP contribution in [0.5, 0.6) is 5.75 Å². The summed E-state index contributed by atoms with van der Waals surface area (Å²) < 4.78 is 9.54. The molecule has 0 aliphatic carbocycles. The van der Waals surface area contributed by atoms with Crippen LogP contribution in [0.1, 0.15) is 13.3 Å². The summed E-state index contributed by atoms with van der Waals surface area (Å²) in [6.07, 6.45) is -0.137. The molecule has 0 aromatic heterocycles. The number of ether oxygens (including phenoxy) is 2. The molecule has 0 saturated carbocycles. The van der Waals surface area contributed by atoms with Crippen LogP contribution in [-0.4, -0.2) is 19.0 Å². The van der Waals surface area contributed by atoms with Crippen LogP contribution < -0.4 is 4.74 Å². The quantitative estimate of drug-likeness (QED) is 0.625. The summed E-state index contributed by atoms with van der Waals surface area (Å²) in [7, 11) is 1.25. The Morgan fingerprint density at radius 1 is 1.21 bits per heavy atom. The van der Waals surface area contributed by atoms with E-state index in [0.29, 0.717) is 5.02 Å². The lowest BCUT2D eigenvalue weighted by atomic mass is 10.1. The van der Waals surface area contributed by atoms with Crippen LogP contribution in [0.3, 0.4) is 0 Å². The molecule has 1 aromatic carbocycles. The molecule has 0 bridgehead atoms. The first kappa shape index (κ1) is 16.1. The summed E-state index contributed by atoms with van der Waals surface area (Å²) in [5.41, 5.74) is 0. The highest BCUT2D eigenvalue weighted by atomic mass is 35.5. The van der Waals surface area contributed by atoms with Gasteiger partial charge in [-0.3, -0.25) is 9.59 Å². The first-order chi connectivity index (χ1) is 8.85. The third-order valence-corrected chi connectivity index (χ3v) is 3.04. The average molecular weight is 326 g/mol. The maximum Gasteiger partial charge on any atom is 0.312 e. The zero-order valence-corrected chi connectivity index (χ0v) is 12.5. The van der Waals surface area contributed by atoms with E-state index in [2.05, 4.69) is 4.74 Å². The number of hydrogen-bond donors (Lipinski definition) is 0. The van der Waals surface area contributed by atoms with Crippen molar-refractivity contribution in [2.24, 2.45) is 5.92 Å². The standard InChI is InChI=1S/C12H11Cl3O4/c1-6(12(17)18-2)3-10(16)19-11-8(14)4-7(13)5-9(11)15/h4-6H,3H2,1-2H3/t6-/m0/s1. The van der Waals surface area contributed by atoms with Crippen molar-refractivity contribution in [1.82, 2.24) is 0 Å². The van der Waals surface area contributed by atoms with Gasteiger partial charge >= 0.3 is 11.9 Å². The number of carbonyl (C=O) groups is 2. The lowest BCUT2D eigenvalue weighted by Gasteiger charge is -2.11. The van der Waals surface area contributed by atoms with E-state index < -0.39 is 17.9 Å². The van der Waals surface area contributed by atoms with Crippen molar-refractivity contribution in [2.45, 2.75) is 13.3 Å². The summed E-state index contributed by atoms with van der Waals surface area (Å²) in [4.78, 5) is 22.8. The highest BCUT2D eigenvalue weighted by Crippen LogP contribution is 2.36. The van der Waals surface area contributed by atoms with E-state index in [1.54, 1.807) is 6.92 Å². The minimum atomic E-state index is -0.635. The molecule has 0 N–H and O–H groups in total. The highest BCUT2D eigenvalue weighted by molar-refractivity contribution is 6.40. The van der Waals surface area contributed by atoms with Gasteiger partial charge in [0, 0.05) is 5.02 Å². The molecular weight excluding hydrogens is 314 g/mol. The van der Waals surface area contributed by atoms with Gasteiger partial charge in [0.05, 0.1) is 29.5 Å². The Kier molecular flexibility index (Phi) is 5.91. The molecule has 1 aromatic rings. The lowest BCUT2D eigenvalue weighted by Crippen LogP contribution is -2.20. The summed E-state index contributed by atoms with van der Waals surface area (Å²) in [6.45, 7) is 1.55. The van der Waals surface area contributed by atoms with E-state index in [0.717, 1.165) is 0 Å². The van der Waals surface area contributed by atoms with Crippen molar-refractivity contribution in [2.75, 3.05) is 7.11 Å². The SMILES string of the molecule is COC(=O)[C@@H](C)CC(=O)Oc1c(Cl)cc(Cl)cc1Cl. The molecular formula is C12H11Cl3O4. The molecule has 0 heterocycles. The molecule has 0 amide bonds. The third-order valence-electron chi connectivity index (χ3n) is 2.26. The van der Waals surface area contributed by atoms with Crippen molar-refractivity contribution in [3.8, 4) is 5.75 Å². The predicted molar refractivity (Wildman–Crippen MR) is 72.9 cm³/mol. The normalized spacial score (nSPS) is 11.8. The topological polar surface area (TPSA) is 52.6 Å². The molecule has 0 spiro atoms. The van der Waals surface area contributed by atoms with Crippen LogP contribution in [0.4, 0.5) is 0 Å². The summed E-state index contributed by atoms with van der Waals surface area (Å²) >= 11 is 17.5. The Morgan fingerprint density at radius 3 is 2.21 bits per heavy atom. The Morgan fingerprint density at radius 2 is 1.74 bits per heavy atom. The molecule has 0 aliphatic rings. The predicted octanol–water partition coefficient (Wildman–Crippen LogP) is 3.75.